The maximum absolute atomic E-state index is 14.4. The number of amides is 1. The molecule has 0 radical (unpaired) electrons. The van der Waals surface area contributed by atoms with Crippen LogP contribution in [-0.2, 0) is 7.05 Å². The van der Waals surface area contributed by atoms with E-state index in [4.69, 9.17) is 4.74 Å². The first-order chi connectivity index (χ1) is 12.6. The Hall–Kier alpha value is -3.22. The van der Waals surface area contributed by atoms with Crippen molar-refractivity contribution in [3.8, 4) is 5.88 Å². The Labute approximate surface area is 150 Å². The average molecular weight is 354 g/mol. The highest BCUT2D eigenvalue weighted by Crippen LogP contribution is 2.24. The van der Waals surface area contributed by atoms with Gasteiger partial charge in [0.2, 0.25) is 5.88 Å². The van der Waals surface area contributed by atoms with Crippen molar-refractivity contribution in [3.05, 3.63) is 77.8 Å². The maximum atomic E-state index is 14.4. The molecule has 0 bridgehead atoms. The molecule has 1 atom stereocenters. The van der Waals surface area contributed by atoms with Crippen molar-refractivity contribution in [2.75, 3.05) is 6.61 Å². The van der Waals surface area contributed by atoms with Gasteiger partial charge in [-0.2, -0.15) is 0 Å². The Morgan fingerprint density at radius 3 is 2.73 bits per heavy atom. The van der Waals surface area contributed by atoms with Gasteiger partial charge in [-0.1, -0.05) is 18.2 Å². The van der Waals surface area contributed by atoms with Crippen LogP contribution >= 0.6 is 0 Å². The number of hydrogen-bond acceptors (Lipinski definition) is 4. The van der Waals surface area contributed by atoms with Crippen molar-refractivity contribution in [3.63, 3.8) is 0 Å². The standard InChI is InChI=1S/C19H19FN4O2/c1-3-26-19-14(8-6-10-22-19)18(25)23-16(17-21-11-12-24(17)2)13-7-4-5-9-15(13)20/h4-12,16H,3H2,1-2H3,(H,23,25)/t16-/m0/s1. The van der Waals surface area contributed by atoms with E-state index in [1.54, 1.807) is 60.5 Å². The molecule has 0 saturated carbocycles. The fourth-order valence-electron chi connectivity index (χ4n) is 2.67. The summed E-state index contributed by atoms with van der Waals surface area (Å²) in [5.74, 6) is -0.0836. The van der Waals surface area contributed by atoms with Crippen LogP contribution in [0, 0.1) is 5.82 Å². The molecule has 7 heteroatoms. The number of aromatic nitrogens is 3. The van der Waals surface area contributed by atoms with Gasteiger partial charge in [-0.3, -0.25) is 4.79 Å². The van der Waals surface area contributed by atoms with E-state index in [2.05, 4.69) is 15.3 Å². The molecule has 1 N–H and O–H groups in total. The number of ether oxygens (including phenoxy) is 1. The molecule has 0 saturated heterocycles. The van der Waals surface area contributed by atoms with Crippen molar-refractivity contribution < 1.29 is 13.9 Å². The number of pyridine rings is 1. The van der Waals surface area contributed by atoms with Crippen molar-refractivity contribution in [2.45, 2.75) is 13.0 Å². The van der Waals surface area contributed by atoms with Crippen LogP contribution in [0.15, 0.2) is 55.0 Å². The minimum absolute atomic E-state index is 0.236. The van der Waals surface area contributed by atoms with E-state index in [9.17, 15) is 9.18 Å². The highest BCUT2D eigenvalue weighted by atomic mass is 19.1. The third-order valence-corrected chi connectivity index (χ3v) is 3.91. The van der Waals surface area contributed by atoms with Crippen molar-refractivity contribution >= 4 is 5.91 Å². The Kier molecular flexibility index (Phi) is 5.26. The maximum Gasteiger partial charge on any atom is 0.257 e. The minimum atomic E-state index is -0.751. The molecule has 134 valence electrons. The first kappa shape index (κ1) is 17.6. The third-order valence-electron chi connectivity index (χ3n) is 3.91. The second-order valence-electron chi connectivity index (χ2n) is 5.61. The zero-order chi connectivity index (χ0) is 18.5. The molecule has 3 rings (SSSR count). The molecular weight excluding hydrogens is 335 g/mol. The molecular formula is C19H19FN4O2. The third kappa shape index (κ3) is 3.56. The molecule has 3 aromatic rings. The lowest BCUT2D eigenvalue weighted by atomic mass is 10.0. The summed E-state index contributed by atoms with van der Waals surface area (Å²) in [7, 11) is 1.79. The summed E-state index contributed by atoms with van der Waals surface area (Å²) in [4.78, 5) is 21.2. The molecule has 2 heterocycles. The molecule has 0 fully saturated rings. The summed E-state index contributed by atoms with van der Waals surface area (Å²) in [6.45, 7) is 2.19. The number of carbonyl (C=O) groups is 1. The molecule has 0 unspecified atom stereocenters. The second-order valence-corrected chi connectivity index (χ2v) is 5.61. The van der Waals surface area contributed by atoms with Gasteiger partial charge in [0.25, 0.3) is 5.91 Å². The Balaban J connectivity index is 1.98. The number of aryl methyl sites for hydroxylation is 1. The second kappa shape index (κ2) is 7.77. The van der Waals surface area contributed by atoms with Crippen LogP contribution in [0.2, 0.25) is 0 Å². The number of nitrogens with zero attached hydrogens (tertiary/aromatic N) is 3. The van der Waals surface area contributed by atoms with E-state index in [0.717, 1.165) is 0 Å². The zero-order valence-electron chi connectivity index (χ0n) is 14.5. The highest BCUT2D eigenvalue weighted by molar-refractivity contribution is 5.96. The number of nitrogens with one attached hydrogen (secondary N) is 1. The van der Waals surface area contributed by atoms with Gasteiger partial charge < -0.3 is 14.6 Å². The molecule has 0 spiro atoms. The van der Waals surface area contributed by atoms with Crippen LogP contribution in [0.3, 0.4) is 0 Å². The molecule has 0 aliphatic heterocycles. The summed E-state index contributed by atoms with van der Waals surface area (Å²) in [5, 5.41) is 2.85. The minimum Gasteiger partial charge on any atom is -0.477 e. The molecule has 6 nitrogen and oxygen atoms in total. The number of carbonyl (C=O) groups excluding carboxylic acids is 1. The van der Waals surface area contributed by atoms with Gasteiger partial charge in [0.05, 0.1) is 6.61 Å². The van der Waals surface area contributed by atoms with E-state index in [0.29, 0.717) is 18.0 Å². The van der Waals surface area contributed by atoms with Crippen molar-refractivity contribution in [1.82, 2.24) is 19.9 Å². The quantitative estimate of drug-likeness (QED) is 0.739. The van der Waals surface area contributed by atoms with Gasteiger partial charge in [0, 0.05) is 31.2 Å². The average Bonchev–Trinajstić information content (AvgIpc) is 3.07. The van der Waals surface area contributed by atoms with E-state index in [1.807, 2.05) is 6.92 Å². The molecule has 0 aliphatic carbocycles. The SMILES string of the molecule is CCOc1ncccc1C(=O)N[C@@H](c1ccccc1F)c1nccn1C. The van der Waals surface area contributed by atoms with Crippen LogP contribution in [0.4, 0.5) is 4.39 Å². The summed E-state index contributed by atoms with van der Waals surface area (Å²) in [6.07, 6.45) is 4.89. The number of hydrogen-bond donors (Lipinski definition) is 1. The summed E-state index contributed by atoms with van der Waals surface area (Å²) >= 11 is 0. The Bertz CT molecular complexity index is 910. The predicted octanol–water partition coefficient (Wildman–Crippen LogP) is 2.87. The van der Waals surface area contributed by atoms with Crippen molar-refractivity contribution in [1.29, 1.82) is 0 Å². The van der Waals surface area contributed by atoms with Gasteiger partial charge in [0.15, 0.2) is 0 Å². The fraction of sp³-hybridized carbons (Fsp3) is 0.211. The lowest BCUT2D eigenvalue weighted by molar-refractivity contribution is 0.0936. The number of benzene rings is 1. The van der Waals surface area contributed by atoms with Crippen LogP contribution < -0.4 is 10.1 Å². The summed E-state index contributed by atoms with van der Waals surface area (Å²) in [5.41, 5.74) is 0.613. The van der Waals surface area contributed by atoms with E-state index in [-0.39, 0.29) is 11.4 Å². The molecule has 1 aromatic carbocycles. The molecule has 2 aromatic heterocycles. The van der Waals surface area contributed by atoms with Crippen molar-refractivity contribution in [2.24, 2.45) is 7.05 Å². The van der Waals surface area contributed by atoms with Gasteiger partial charge in [-0.15, -0.1) is 0 Å². The summed E-state index contributed by atoms with van der Waals surface area (Å²) in [6, 6.07) is 8.81. The topological polar surface area (TPSA) is 69.0 Å². The van der Waals surface area contributed by atoms with Gasteiger partial charge in [0.1, 0.15) is 23.2 Å². The van der Waals surface area contributed by atoms with E-state index < -0.39 is 17.8 Å². The molecule has 26 heavy (non-hydrogen) atoms. The first-order valence-corrected chi connectivity index (χ1v) is 8.22. The highest BCUT2D eigenvalue weighted by Gasteiger charge is 2.25. The van der Waals surface area contributed by atoms with Crippen LogP contribution in [-0.4, -0.2) is 27.0 Å². The summed E-state index contributed by atoms with van der Waals surface area (Å²) < 4.78 is 21.5. The van der Waals surface area contributed by atoms with E-state index in [1.165, 1.54) is 6.07 Å². The predicted molar refractivity (Wildman–Crippen MR) is 94.3 cm³/mol. The normalized spacial score (nSPS) is 11.8. The molecule has 1 amide bonds. The largest absolute Gasteiger partial charge is 0.477 e. The van der Waals surface area contributed by atoms with Gasteiger partial charge >= 0.3 is 0 Å². The lowest BCUT2D eigenvalue weighted by Gasteiger charge is -2.20. The number of rotatable bonds is 6. The number of imidazole rings is 1. The van der Waals surface area contributed by atoms with Gasteiger partial charge in [-0.05, 0) is 25.1 Å². The van der Waals surface area contributed by atoms with Crippen LogP contribution in [0.1, 0.15) is 34.7 Å². The van der Waals surface area contributed by atoms with Gasteiger partial charge in [-0.25, -0.2) is 14.4 Å². The van der Waals surface area contributed by atoms with E-state index >= 15 is 0 Å². The lowest BCUT2D eigenvalue weighted by Crippen LogP contribution is -2.32. The fourth-order valence-corrected chi connectivity index (χ4v) is 2.67. The Morgan fingerprint density at radius 2 is 2.04 bits per heavy atom. The van der Waals surface area contributed by atoms with Crippen LogP contribution in [0.5, 0.6) is 5.88 Å². The molecule has 0 aliphatic rings. The Morgan fingerprint density at radius 1 is 1.23 bits per heavy atom. The monoisotopic (exact) mass is 354 g/mol. The first-order valence-electron chi connectivity index (χ1n) is 8.22. The zero-order valence-corrected chi connectivity index (χ0v) is 14.5. The smallest absolute Gasteiger partial charge is 0.257 e. The number of halogens is 1. The van der Waals surface area contributed by atoms with Crippen LogP contribution in [0.25, 0.3) is 0 Å².